The molecule has 1 unspecified atom stereocenters. The van der Waals surface area contributed by atoms with Crippen molar-refractivity contribution < 1.29 is 0 Å². The second kappa shape index (κ2) is 3.02. The van der Waals surface area contributed by atoms with E-state index in [1.165, 1.54) is 11.3 Å². The van der Waals surface area contributed by atoms with Gasteiger partial charge in [0.05, 0.1) is 17.9 Å². The molecule has 0 N–H and O–H groups in total. The number of fused-ring (bicyclic) bond motifs is 1. The first-order valence-electron chi connectivity index (χ1n) is 4.94. The van der Waals surface area contributed by atoms with Crippen molar-refractivity contribution in [3.05, 3.63) is 23.5 Å². The van der Waals surface area contributed by atoms with E-state index in [0.29, 0.717) is 12.0 Å². The third-order valence-electron chi connectivity index (χ3n) is 2.66. The summed E-state index contributed by atoms with van der Waals surface area (Å²) in [6.45, 7) is 6.64. The van der Waals surface area contributed by atoms with Crippen LogP contribution in [-0.2, 0) is 0 Å². The molecule has 0 amide bonds. The molecule has 0 radical (unpaired) electrons. The Labute approximate surface area is 79.3 Å². The van der Waals surface area contributed by atoms with E-state index in [1.54, 1.807) is 0 Å². The average molecular weight is 176 g/mol. The molecule has 2 heterocycles. The smallest absolute Gasteiger partial charge is 0.0644 e. The molecule has 1 aliphatic rings. The number of hydrogen-bond acceptors (Lipinski definition) is 1. The topological polar surface area (TPSA) is 17.8 Å². The van der Waals surface area contributed by atoms with Crippen LogP contribution in [0.2, 0.25) is 0 Å². The van der Waals surface area contributed by atoms with Crippen molar-refractivity contribution in [3.8, 4) is 0 Å². The largest absolute Gasteiger partial charge is 0.262 e. The monoisotopic (exact) mass is 176 g/mol. The molecule has 0 saturated heterocycles. The van der Waals surface area contributed by atoms with E-state index >= 15 is 0 Å². The first-order valence-corrected chi connectivity index (χ1v) is 4.94. The second-order valence-corrected chi connectivity index (χ2v) is 4.07. The number of rotatable bonds is 1. The third kappa shape index (κ3) is 1.30. The van der Waals surface area contributed by atoms with Gasteiger partial charge in [-0.3, -0.25) is 4.68 Å². The number of allylic oxidation sites excluding steroid dienone is 1. The van der Waals surface area contributed by atoms with Gasteiger partial charge in [-0.15, -0.1) is 0 Å². The summed E-state index contributed by atoms with van der Waals surface area (Å²) in [6, 6.07) is 0.521. The Kier molecular flexibility index (Phi) is 1.98. The van der Waals surface area contributed by atoms with Crippen LogP contribution in [0, 0.1) is 0 Å². The zero-order valence-corrected chi connectivity index (χ0v) is 8.49. The minimum atomic E-state index is 0.521. The van der Waals surface area contributed by atoms with E-state index < -0.39 is 0 Å². The van der Waals surface area contributed by atoms with E-state index in [0.717, 1.165) is 6.42 Å². The Morgan fingerprint density at radius 2 is 2.31 bits per heavy atom. The molecule has 1 aromatic heterocycles. The summed E-state index contributed by atoms with van der Waals surface area (Å²) in [6.07, 6.45) is 7.55. The molecule has 0 bridgehead atoms. The van der Waals surface area contributed by atoms with E-state index in [4.69, 9.17) is 0 Å². The third-order valence-corrected chi connectivity index (χ3v) is 2.66. The Hall–Kier alpha value is -1.05. The van der Waals surface area contributed by atoms with Crippen molar-refractivity contribution in [3.63, 3.8) is 0 Å². The molecular formula is C11H16N2. The molecule has 1 aliphatic heterocycles. The molecule has 70 valence electrons. The summed E-state index contributed by atoms with van der Waals surface area (Å²) in [5, 5.41) is 4.42. The lowest BCUT2D eigenvalue weighted by atomic mass is 10.0. The fraction of sp³-hybridized carbons (Fsp3) is 0.545. The molecule has 2 nitrogen and oxygen atoms in total. The van der Waals surface area contributed by atoms with Crippen LogP contribution in [0.5, 0.6) is 0 Å². The number of aromatic nitrogens is 2. The molecule has 0 aliphatic carbocycles. The van der Waals surface area contributed by atoms with Crippen LogP contribution >= 0.6 is 0 Å². The predicted molar refractivity (Wildman–Crippen MR) is 54.7 cm³/mol. The lowest BCUT2D eigenvalue weighted by Gasteiger charge is -2.17. The normalized spacial score (nSPS) is 20.8. The average Bonchev–Trinajstić information content (AvgIpc) is 2.48. The summed E-state index contributed by atoms with van der Waals surface area (Å²) in [4.78, 5) is 0. The standard InChI is InChI=1S/C11H16N2/c1-8(2)10-7-12-13-9(3)5-4-6-11(10)13/h4,6-9H,5H2,1-3H3. The van der Waals surface area contributed by atoms with Crippen LogP contribution in [0.25, 0.3) is 6.08 Å². The van der Waals surface area contributed by atoms with E-state index in [2.05, 4.69) is 42.7 Å². The van der Waals surface area contributed by atoms with Gasteiger partial charge in [0.1, 0.15) is 0 Å². The summed E-state index contributed by atoms with van der Waals surface area (Å²) in [5.41, 5.74) is 2.66. The van der Waals surface area contributed by atoms with E-state index in [9.17, 15) is 0 Å². The molecule has 1 atom stereocenters. The van der Waals surface area contributed by atoms with E-state index in [1.807, 2.05) is 6.20 Å². The Morgan fingerprint density at radius 3 is 3.00 bits per heavy atom. The maximum atomic E-state index is 4.42. The zero-order valence-electron chi connectivity index (χ0n) is 8.49. The molecular weight excluding hydrogens is 160 g/mol. The van der Waals surface area contributed by atoms with Gasteiger partial charge in [0.15, 0.2) is 0 Å². The number of nitrogens with zero attached hydrogens (tertiary/aromatic N) is 2. The Bertz CT molecular complexity index is 334. The van der Waals surface area contributed by atoms with Gasteiger partial charge in [-0.1, -0.05) is 19.9 Å². The highest BCUT2D eigenvalue weighted by Gasteiger charge is 2.17. The van der Waals surface area contributed by atoms with Gasteiger partial charge in [-0.25, -0.2) is 0 Å². The van der Waals surface area contributed by atoms with Gasteiger partial charge in [-0.05, 0) is 30.9 Å². The quantitative estimate of drug-likeness (QED) is 0.643. The second-order valence-electron chi connectivity index (χ2n) is 4.07. The van der Waals surface area contributed by atoms with Crippen LogP contribution in [0.4, 0.5) is 0 Å². The summed E-state index contributed by atoms with van der Waals surface area (Å²) in [5.74, 6) is 0.568. The first kappa shape index (κ1) is 8.54. The molecule has 2 rings (SSSR count). The van der Waals surface area contributed by atoms with Gasteiger partial charge in [-0.2, -0.15) is 5.10 Å². The SMILES string of the molecule is CC(C)c1cnn2c1C=CCC2C. The van der Waals surface area contributed by atoms with Crippen LogP contribution in [0.1, 0.15) is 50.4 Å². The van der Waals surface area contributed by atoms with Crippen molar-refractivity contribution >= 4 is 6.08 Å². The lowest BCUT2D eigenvalue weighted by molar-refractivity contribution is 0.485. The van der Waals surface area contributed by atoms with Crippen molar-refractivity contribution in [1.29, 1.82) is 0 Å². The molecule has 0 saturated carbocycles. The highest BCUT2D eigenvalue weighted by atomic mass is 15.3. The van der Waals surface area contributed by atoms with Crippen molar-refractivity contribution in [2.75, 3.05) is 0 Å². The molecule has 13 heavy (non-hydrogen) atoms. The molecule has 0 fully saturated rings. The maximum absolute atomic E-state index is 4.42. The summed E-state index contributed by atoms with van der Waals surface area (Å²) < 4.78 is 2.13. The fourth-order valence-electron chi connectivity index (χ4n) is 1.83. The molecule has 0 spiro atoms. The molecule has 0 aromatic carbocycles. The minimum absolute atomic E-state index is 0.521. The van der Waals surface area contributed by atoms with Gasteiger partial charge < -0.3 is 0 Å². The number of hydrogen-bond donors (Lipinski definition) is 0. The molecule has 1 aromatic rings. The zero-order chi connectivity index (χ0) is 9.42. The van der Waals surface area contributed by atoms with Crippen LogP contribution in [-0.4, -0.2) is 9.78 Å². The van der Waals surface area contributed by atoms with Crippen LogP contribution in [0.15, 0.2) is 12.3 Å². The highest BCUT2D eigenvalue weighted by molar-refractivity contribution is 5.52. The van der Waals surface area contributed by atoms with E-state index in [-0.39, 0.29) is 0 Å². The van der Waals surface area contributed by atoms with Gasteiger partial charge in [0.25, 0.3) is 0 Å². The lowest BCUT2D eigenvalue weighted by Crippen LogP contribution is -2.11. The predicted octanol–water partition coefficient (Wildman–Crippen LogP) is 2.98. The van der Waals surface area contributed by atoms with Gasteiger partial charge in [0.2, 0.25) is 0 Å². The van der Waals surface area contributed by atoms with Crippen LogP contribution in [0.3, 0.4) is 0 Å². The summed E-state index contributed by atoms with van der Waals surface area (Å²) in [7, 11) is 0. The highest BCUT2D eigenvalue weighted by Crippen LogP contribution is 2.27. The van der Waals surface area contributed by atoms with Crippen molar-refractivity contribution in [2.45, 2.75) is 39.2 Å². The Balaban J connectivity index is 2.49. The minimum Gasteiger partial charge on any atom is -0.262 e. The van der Waals surface area contributed by atoms with Gasteiger partial charge >= 0.3 is 0 Å². The van der Waals surface area contributed by atoms with Crippen molar-refractivity contribution in [2.24, 2.45) is 0 Å². The summed E-state index contributed by atoms with van der Waals surface area (Å²) >= 11 is 0. The van der Waals surface area contributed by atoms with Crippen LogP contribution < -0.4 is 0 Å². The van der Waals surface area contributed by atoms with Crippen molar-refractivity contribution in [1.82, 2.24) is 9.78 Å². The maximum Gasteiger partial charge on any atom is 0.0644 e. The fourth-order valence-corrected chi connectivity index (χ4v) is 1.83. The molecule has 2 heteroatoms. The Morgan fingerprint density at radius 1 is 1.54 bits per heavy atom. The van der Waals surface area contributed by atoms with Gasteiger partial charge in [0, 0.05) is 0 Å². The first-order chi connectivity index (χ1) is 6.20.